The standard InChI is InChI=1S/C23H27NO4/c1-28-20-10-6-5-9-19(20)22(27)24-16-23(18-7-3-2-4-8-18)13-11-17(12-14-23)15-21(25)26/h2-10,17H,11-16H2,1H3,(H,24,27)(H,25,26). The van der Waals surface area contributed by atoms with Gasteiger partial charge in [-0.1, -0.05) is 42.5 Å². The van der Waals surface area contributed by atoms with E-state index >= 15 is 0 Å². The number of benzene rings is 2. The van der Waals surface area contributed by atoms with Crippen LogP contribution in [0.5, 0.6) is 5.75 Å². The van der Waals surface area contributed by atoms with Crippen LogP contribution in [0.2, 0.25) is 0 Å². The third-order valence-corrected chi connectivity index (χ3v) is 5.85. The first-order valence-corrected chi connectivity index (χ1v) is 9.72. The van der Waals surface area contributed by atoms with Crippen molar-refractivity contribution in [1.82, 2.24) is 5.32 Å². The largest absolute Gasteiger partial charge is 0.496 e. The van der Waals surface area contributed by atoms with E-state index in [0.717, 1.165) is 25.7 Å². The lowest BCUT2D eigenvalue weighted by Crippen LogP contribution is -2.43. The molecule has 0 atom stereocenters. The molecule has 28 heavy (non-hydrogen) atoms. The molecule has 2 aromatic carbocycles. The Morgan fingerprint density at radius 3 is 2.36 bits per heavy atom. The zero-order chi connectivity index (χ0) is 20.0. The normalized spacial score (nSPS) is 21.7. The monoisotopic (exact) mass is 381 g/mol. The highest BCUT2D eigenvalue weighted by Gasteiger charge is 2.37. The van der Waals surface area contributed by atoms with Crippen LogP contribution in [0.25, 0.3) is 0 Å². The zero-order valence-corrected chi connectivity index (χ0v) is 16.2. The summed E-state index contributed by atoms with van der Waals surface area (Å²) in [6.07, 6.45) is 3.65. The summed E-state index contributed by atoms with van der Waals surface area (Å²) in [6.45, 7) is 0.522. The Morgan fingerprint density at radius 1 is 1.07 bits per heavy atom. The van der Waals surface area contributed by atoms with Gasteiger partial charge in [-0.3, -0.25) is 9.59 Å². The Labute approximate surface area is 165 Å². The number of carboxylic acid groups (broad SMARTS) is 1. The van der Waals surface area contributed by atoms with Crippen molar-refractivity contribution < 1.29 is 19.4 Å². The van der Waals surface area contributed by atoms with Crippen molar-refractivity contribution in [3.05, 3.63) is 65.7 Å². The van der Waals surface area contributed by atoms with Gasteiger partial charge >= 0.3 is 5.97 Å². The van der Waals surface area contributed by atoms with Crippen molar-refractivity contribution in [2.45, 2.75) is 37.5 Å². The minimum atomic E-state index is -0.735. The SMILES string of the molecule is COc1ccccc1C(=O)NCC1(c2ccccc2)CCC(CC(=O)O)CC1. The van der Waals surface area contributed by atoms with E-state index in [0.29, 0.717) is 17.9 Å². The second kappa shape index (κ2) is 8.91. The van der Waals surface area contributed by atoms with Crippen LogP contribution in [0.3, 0.4) is 0 Å². The van der Waals surface area contributed by atoms with Crippen LogP contribution in [-0.2, 0) is 10.2 Å². The van der Waals surface area contributed by atoms with Gasteiger partial charge in [0.2, 0.25) is 0 Å². The predicted octanol–water partition coefficient (Wildman–Crippen LogP) is 4.03. The summed E-state index contributed by atoms with van der Waals surface area (Å²) in [7, 11) is 1.56. The molecular formula is C23H27NO4. The second-order valence-corrected chi connectivity index (χ2v) is 7.57. The molecule has 2 N–H and O–H groups in total. The van der Waals surface area contributed by atoms with Crippen molar-refractivity contribution in [2.24, 2.45) is 5.92 Å². The number of amides is 1. The lowest BCUT2D eigenvalue weighted by Gasteiger charge is -2.40. The first kappa shape index (κ1) is 19.9. The van der Waals surface area contributed by atoms with Crippen LogP contribution in [-0.4, -0.2) is 30.6 Å². The molecule has 1 aliphatic rings. The number of para-hydroxylation sites is 1. The smallest absolute Gasteiger partial charge is 0.303 e. The van der Waals surface area contributed by atoms with E-state index in [2.05, 4.69) is 17.4 Å². The number of hydrogen-bond donors (Lipinski definition) is 2. The van der Waals surface area contributed by atoms with Gasteiger partial charge in [-0.15, -0.1) is 0 Å². The van der Waals surface area contributed by atoms with Crippen LogP contribution < -0.4 is 10.1 Å². The summed E-state index contributed by atoms with van der Waals surface area (Å²) < 4.78 is 5.30. The molecule has 0 heterocycles. The first-order chi connectivity index (χ1) is 13.5. The molecular weight excluding hydrogens is 354 g/mol. The average Bonchev–Trinajstić information content (AvgIpc) is 2.73. The quantitative estimate of drug-likeness (QED) is 0.759. The third kappa shape index (κ3) is 4.53. The number of carboxylic acids is 1. The fraction of sp³-hybridized carbons (Fsp3) is 0.391. The molecule has 1 amide bonds. The van der Waals surface area contributed by atoms with E-state index in [1.165, 1.54) is 5.56 Å². The molecule has 3 rings (SSSR count). The van der Waals surface area contributed by atoms with Crippen LogP contribution in [0, 0.1) is 5.92 Å². The van der Waals surface area contributed by atoms with Gasteiger partial charge in [0.05, 0.1) is 12.7 Å². The van der Waals surface area contributed by atoms with E-state index in [-0.39, 0.29) is 23.7 Å². The first-order valence-electron chi connectivity index (χ1n) is 9.72. The highest BCUT2D eigenvalue weighted by Crippen LogP contribution is 2.42. The summed E-state index contributed by atoms with van der Waals surface area (Å²) in [5.74, 6) is -0.125. The fourth-order valence-electron chi connectivity index (χ4n) is 4.22. The highest BCUT2D eigenvalue weighted by atomic mass is 16.5. The number of carbonyl (C=O) groups excluding carboxylic acids is 1. The molecule has 0 saturated heterocycles. The average molecular weight is 381 g/mol. The van der Waals surface area contributed by atoms with E-state index < -0.39 is 5.97 Å². The number of ether oxygens (including phenoxy) is 1. The maximum atomic E-state index is 12.8. The summed E-state index contributed by atoms with van der Waals surface area (Å²) in [5, 5.41) is 12.2. The molecule has 0 radical (unpaired) electrons. The van der Waals surface area contributed by atoms with Gasteiger partial charge in [0.15, 0.2) is 0 Å². The van der Waals surface area contributed by atoms with Crippen LogP contribution in [0.1, 0.15) is 48.0 Å². The molecule has 1 saturated carbocycles. The van der Waals surface area contributed by atoms with Gasteiger partial charge in [0.25, 0.3) is 5.91 Å². The minimum Gasteiger partial charge on any atom is -0.496 e. The van der Waals surface area contributed by atoms with Gasteiger partial charge in [-0.25, -0.2) is 0 Å². The van der Waals surface area contributed by atoms with E-state index in [1.807, 2.05) is 30.3 Å². The molecule has 0 bridgehead atoms. The maximum absolute atomic E-state index is 12.8. The summed E-state index contributed by atoms with van der Waals surface area (Å²) in [6, 6.07) is 17.4. The molecule has 1 aliphatic carbocycles. The number of rotatable bonds is 7. The molecule has 1 fully saturated rings. The molecule has 5 nitrogen and oxygen atoms in total. The van der Waals surface area contributed by atoms with E-state index in [4.69, 9.17) is 9.84 Å². The number of aliphatic carboxylic acids is 1. The number of nitrogens with one attached hydrogen (secondary N) is 1. The molecule has 0 spiro atoms. The van der Waals surface area contributed by atoms with Crippen molar-refractivity contribution >= 4 is 11.9 Å². The third-order valence-electron chi connectivity index (χ3n) is 5.85. The Bertz CT molecular complexity index is 810. The molecule has 0 unspecified atom stereocenters. The van der Waals surface area contributed by atoms with Crippen LogP contribution in [0.15, 0.2) is 54.6 Å². The Balaban J connectivity index is 1.76. The lowest BCUT2D eigenvalue weighted by atomic mass is 9.66. The van der Waals surface area contributed by atoms with Gasteiger partial charge < -0.3 is 15.2 Å². The van der Waals surface area contributed by atoms with Crippen molar-refractivity contribution in [3.8, 4) is 5.75 Å². The number of methoxy groups -OCH3 is 1. The molecule has 2 aromatic rings. The summed E-state index contributed by atoms with van der Waals surface area (Å²) in [4.78, 5) is 23.8. The predicted molar refractivity (Wildman–Crippen MR) is 108 cm³/mol. The summed E-state index contributed by atoms with van der Waals surface area (Å²) in [5.41, 5.74) is 1.55. The Hall–Kier alpha value is -2.82. The lowest BCUT2D eigenvalue weighted by molar-refractivity contribution is -0.138. The second-order valence-electron chi connectivity index (χ2n) is 7.57. The molecule has 148 valence electrons. The highest BCUT2D eigenvalue weighted by molar-refractivity contribution is 5.96. The van der Waals surface area contributed by atoms with Crippen molar-refractivity contribution in [1.29, 1.82) is 0 Å². The van der Waals surface area contributed by atoms with Crippen molar-refractivity contribution in [2.75, 3.05) is 13.7 Å². The Morgan fingerprint density at radius 2 is 1.71 bits per heavy atom. The molecule has 5 heteroatoms. The molecule has 0 aliphatic heterocycles. The summed E-state index contributed by atoms with van der Waals surface area (Å²) >= 11 is 0. The number of carbonyl (C=O) groups is 2. The topological polar surface area (TPSA) is 75.6 Å². The van der Waals surface area contributed by atoms with Crippen LogP contribution in [0.4, 0.5) is 0 Å². The zero-order valence-electron chi connectivity index (χ0n) is 16.2. The maximum Gasteiger partial charge on any atom is 0.303 e. The molecule has 0 aromatic heterocycles. The fourth-order valence-corrected chi connectivity index (χ4v) is 4.22. The van der Waals surface area contributed by atoms with E-state index in [1.54, 1.807) is 19.2 Å². The van der Waals surface area contributed by atoms with Gasteiger partial charge in [0.1, 0.15) is 5.75 Å². The van der Waals surface area contributed by atoms with Gasteiger partial charge in [-0.05, 0) is 49.3 Å². The Kier molecular flexibility index (Phi) is 6.34. The minimum absolute atomic E-state index is 0.152. The van der Waals surface area contributed by atoms with Crippen molar-refractivity contribution in [3.63, 3.8) is 0 Å². The van der Waals surface area contributed by atoms with Crippen LogP contribution >= 0.6 is 0 Å². The number of hydrogen-bond acceptors (Lipinski definition) is 3. The van der Waals surface area contributed by atoms with E-state index in [9.17, 15) is 9.59 Å². The van der Waals surface area contributed by atoms with Gasteiger partial charge in [-0.2, -0.15) is 0 Å². The van der Waals surface area contributed by atoms with Gasteiger partial charge in [0, 0.05) is 18.4 Å².